The Morgan fingerprint density at radius 1 is 0.938 bits per heavy atom. The van der Waals surface area contributed by atoms with Crippen LogP contribution in [0.15, 0.2) is 0 Å². The van der Waals surface area contributed by atoms with Crippen molar-refractivity contribution >= 4 is 0 Å². The molecule has 98 valence electrons. The zero-order valence-electron chi connectivity index (χ0n) is 11.1. The monoisotopic (exact) mass is 234 g/mol. The minimum atomic E-state index is -0.160. The molecule has 16 heavy (non-hydrogen) atoms. The lowest BCUT2D eigenvalue weighted by atomic mass is 9.63. The van der Waals surface area contributed by atoms with Crippen LogP contribution in [0.25, 0.3) is 0 Å². The summed E-state index contributed by atoms with van der Waals surface area (Å²) in [6.07, 6.45) is 2.06. The van der Waals surface area contributed by atoms with Crippen molar-refractivity contribution in [3.05, 3.63) is 0 Å². The van der Waals surface area contributed by atoms with E-state index in [2.05, 4.69) is 44.4 Å². The molecular formula is C12H26O4. The van der Waals surface area contributed by atoms with Gasteiger partial charge in [-0.15, -0.1) is 0 Å². The first kappa shape index (κ1) is 15.8. The Kier molecular flexibility index (Phi) is 6.48. The molecule has 0 saturated heterocycles. The Labute approximate surface area is 98.4 Å². The van der Waals surface area contributed by atoms with Crippen molar-refractivity contribution in [2.75, 3.05) is 13.2 Å². The van der Waals surface area contributed by atoms with Crippen LogP contribution in [0.2, 0.25) is 0 Å². The normalized spacial score (nSPS) is 13.5. The van der Waals surface area contributed by atoms with Gasteiger partial charge >= 0.3 is 0 Å². The third kappa shape index (κ3) is 4.37. The lowest BCUT2D eigenvalue weighted by Gasteiger charge is -2.43. The van der Waals surface area contributed by atoms with E-state index in [1.54, 1.807) is 0 Å². The lowest BCUT2D eigenvalue weighted by molar-refractivity contribution is -0.283. The fourth-order valence-corrected chi connectivity index (χ4v) is 2.66. The third-order valence-electron chi connectivity index (χ3n) is 3.34. The van der Waals surface area contributed by atoms with Crippen LogP contribution < -0.4 is 0 Å². The Morgan fingerprint density at radius 3 is 1.56 bits per heavy atom. The predicted molar refractivity (Wildman–Crippen MR) is 63.1 cm³/mol. The lowest BCUT2D eigenvalue weighted by Crippen LogP contribution is -2.41. The SMILES string of the molecule is CCCC(C(C)(C)COO)C(C)(C)COO. The summed E-state index contributed by atoms with van der Waals surface area (Å²) >= 11 is 0. The molecule has 0 aromatic heterocycles. The van der Waals surface area contributed by atoms with Gasteiger partial charge in [-0.1, -0.05) is 41.0 Å². The summed E-state index contributed by atoms with van der Waals surface area (Å²) in [4.78, 5) is 8.61. The van der Waals surface area contributed by atoms with Crippen molar-refractivity contribution < 1.29 is 20.3 Å². The van der Waals surface area contributed by atoms with Gasteiger partial charge in [-0.2, -0.15) is 0 Å². The molecule has 0 aromatic rings. The third-order valence-corrected chi connectivity index (χ3v) is 3.34. The highest BCUT2D eigenvalue weighted by Gasteiger charge is 2.40. The van der Waals surface area contributed by atoms with Gasteiger partial charge in [0.05, 0.1) is 13.2 Å². The molecule has 0 bridgehead atoms. The van der Waals surface area contributed by atoms with Crippen molar-refractivity contribution in [3.63, 3.8) is 0 Å². The zero-order chi connectivity index (χ0) is 12.8. The highest BCUT2D eigenvalue weighted by Crippen LogP contribution is 2.43. The molecular weight excluding hydrogens is 208 g/mol. The summed E-state index contributed by atoms with van der Waals surface area (Å²) in [7, 11) is 0. The maximum absolute atomic E-state index is 8.63. The van der Waals surface area contributed by atoms with E-state index in [0.29, 0.717) is 5.92 Å². The molecule has 0 aliphatic carbocycles. The second kappa shape index (κ2) is 6.55. The predicted octanol–water partition coefficient (Wildman–Crippen LogP) is 3.43. The summed E-state index contributed by atoms with van der Waals surface area (Å²) < 4.78 is 0. The first-order valence-electron chi connectivity index (χ1n) is 5.84. The molecule has 0 heterocycles. The average Bonchev–Trinajstić information content (AvgIpc) is 2.13. The maximum atomic E-state index is 8.63. The van der Waals surface area contributed by atoms with E-state index >= 15 is 0 Å². The Morgan fingerprint density at radius 2 is 1.31 bits per heavy atom. The van der Waals surface area contributed by atoms with Crippen molar-refractivity contribution in [3.8, 4) is 0 Å². The van der Waals surface area contributed by atoms with Crippen molar-refractivity contribution in [2.24, 2.45) is 16.7 Å². The fraction of sp³-hybridized carbons (Fsp3) is 1.00. The van der Waals surface area contributed by atoms with E-state index in [1.165, 1.54) is 0 Å². The van der Waals surface area contributed by atoms with Crippen molar-refractivity contribution in [2.45, 2.75) is 47.5 Å². The van der Waals surface area contributed by atoms with Crippen LogP contribution in [0.4, 0.5) is 0 Å². The summed E-state index contributed by atoms with van der Waals surface area (Å²) in [6, 6.07) is 0. The van der Waals surface area contributed by atoms with E-state index in [0.717, 1.165) is 12.8 Å². The highest BCUT2D eigenvalue weighted by molar-refractivity contribution is 4.88. The molecule has 0 aliphatic rings. The van der Waals surface area contributed by atoms with Gasteiger partial charge in [-0.05, 0) is 23.2 Å². The first-order valence-corrected chi connectivity index (χ1v) is 5.84. The smallest absolute Gasteiger partial charge is 0.0873 e. The van der Waals surface area contributed by atoms with Crippen LogP contribution in [0.3, 0.4) is 0 Å². The second-order valence-corrected chi connectivity index (χ2v) is 5.87. The molecule has 0 radical (unpaired) electrons. The van der Waals surface area contributed by atoms with Gasteiger partial charge in [-0.3, -0.25) is 10.5 Å². The quantitative estimate of drug-likeness (QED) is 0.499. The number of hydrogen-bond acceptors (Lipinski definition) is 4. The molecule has 0 atom stereocenters. The Bertz CT molecular complexity index is 171. The van der Waals surface area contributed by atoms with Gasteiger partial charge < -0.3 is 0 Å². The van der Waals surface area contributed by atoms with Gasteiger partial charge in [0.2, 0.25) is 0 Å². The molecule has 0 aliphatic heterocycles. The Hall–Kier alpha value is -0.160. The van der Waals surface area contributed by atoms with Crippen LogP contribution in [-0.4, -0.2) is 23.7 Å². The summed E-state index contributed by atoms with van der Waals surface area (Å²) in [5.41, 5.74) is -0.320. The molecule has 0 amide bonds. The molecule has 0 aromatic carbocycles. The van der Waals surface area contributed by atoms with Gasteiger partial charge in [0.25, 0.3) is 0 Å². The maximum Gasteiger partial charge on any atom is 0.0873 e. The first-order chi connectivity index (χ1) is 7.31. The van der Waals surface area contributed by atoms with Crippen LogP contribution >= 0.6 is 0 Å². The topological polar surface area (TPSA) is 58.9 Å². The molecule has 0 rings (SSSR count). The van der Waals surface area contributed by atoms with Crippen LogP contribution in [-0.2, 0) is 9.78 Å². The molecule has 4 nitrogen and oxygen atoms in total. The van der Waals surface area contributed by atoms with Gasteiger partial charge in [0.15, 0.2) is 0 Å². The molecule has 0 fully saturated rings. The van der Waals surface area contributed by atoms with Crippen LogP contribution in [0, 0.1) is 16.7 Å². The highest BCUT2D eigenvalue weighted by atomic mass is 17.1. The van der Waals surface area contributed by atoms with Crippen molar-refractivity contribution in [1.29, 1.82) is 0 Å². The molecule has 2 N–H and O–H groups in total. The largest absolute Gasteiger partial charge is 0.252 e. The second-order valence-electron chi connectivity index (χ2n) is 5.87. The zero-order valence-corrected chi connectivity index (χ0v) is 11.1. The molecule has 0 saturated carbocycles. The van der Waals surface area contributed by atoms with Gasteiger partial charge in [0, 0.05) is 0 Å². The minimum Gasteiger partial charge on any atom is -0.252 e. The van der Waals surface area contributed by atoms with E-state index < -0.39 is 0 Å². The summed E-state index contributed by atoms with van der Waals surface area (Å²) in [5.74, 6) is 0.296. The molecule has 0 unspecified atom stereocenters. The van der Waals surface area contributed by atoms with E-state index in [1.807, 2.05) is 0 Å². The average molecular weight is 234 g/mol. The van der Waals surface area contributed by atoms with Crippen molar-refractivity contribution in [1.82, 2.24) is 0 Å². The molecule has 4 heteroatoms. The van der Waals surface area contributed by atoms with E-state index in [-0.39, 0.29) is 24.0 Å². The van der Waals surface area contributed by atoms with Crippen LogP contribution in [0.1, 0.15) is 47.5 Å². The van der Waals surface area contributed by atoms with E-state index in [9.17, 15) is 0 Å². The standard InChI is InChI=1S/C12H26O4/c1-6-7-10(11(2,3)8-15-13)12(4,5)9-16-14/h10,13-14H,6-9H2,1-5H3. The van der Waals surface area contributed by atoms with Gasteiger partial charge in [-0.25, -0.2) is 9.78 Å². The fourth-order valence-electron chi connectivity index (χ4n) is 2.66. The van der Waals surface area contributed by atoms with Crippen LogP contribution in [0.5, 0.6) is 0 Å². The molecule has 0 spiro atoms. The number of rotatable bonds is 8. The van der Waals surface area contributed by atoms with E-state index in [4.69, 9.17) is 10.5 Å². The summed E-state index contributed by atoms with van der Waals surface area (Å²) in [5, 5.41) is 17.3. The Balaban J connectivity index is 4.83. The summed E-state index contributed by atoms with van der Waals surface area (Å²) in [6.45, 7) is 10.9. The number of hydrogen-bond donors (Lipinski definition) is 2. The minimum absolute atomic E-state index is 0.160. The van der Waals surface area contributed by atoms with Gasteiger partial charge in [0.1, 0.15) is 0 Å².